The highest BCUT2D eigenvalue weighted by Crippen LogP contribution is 2.23. The van der Waals surface area contributed by atoms with Gasteiger partial charge in [-0.15, -0.1) is 0 Å². The van der Waals surface area contributed by atoms with Gasteiger partial charge in [-0.1, -0.05) is 11.6 Å². The summed E-state index contributed by atoms with van der Waals surface area (Å²) in [5.41, 5.74) is 0.542. The highest BCUT2D eigenvalue weighted by atomic mass is 35.5. The zero-order valence-corrected chi connectivity index (χ0v) is 11.7. The van der Waals surface area contributed by atoms with Gasteiger partial charge in [0.15, 0.2) is 0 Å². The molecular formula is C13H16ClFN4. The molecule has 0 amide bonds. The van der Waals surface area contributed by atoms with Crippen LogP contribution in [0.15, 0.2) is 24.5 Å². The maximum absolute atomic E-state index is 13.9. The summed E-state index contributed by atoms with van der Waals surface area (Å²) in [4.78, 5) is 4.21. The molecule has 0 fully saturated rings. The molecular weight excluding hydrogens is 267 g/mol. The average molecular weight is 283 g/mol. The molecule has 1 aromatic carbocycles. The third-order valence-corrected chi connectivity index (χ3v) is 3.30. The Morgan fingerprint density at radius 2 is 2.26 bits per heavy atom. The SMILES string of the molecule is CCn1ncnc1CC(NC)c1cc(Cl)ccc1F. The molecule has 6 heteroatoms. The second kappa shape index (κ2) is 6.12. The Hall–Kier alpha value is -1.46. The number of nitrogens with zero attached hydrogens (tertiary/aromatic N) is 3. The van der Waals surface area contributed by atoms with Gasteiger partial charge < -0.3 is 5.32 Å². The number of likely N-dealkylation sites (N-methyl/N-ethyl adjacent to an activating group) is 1. The molecule has 4 nitrogen and oxygen atoms in total. The normalized spacial score (nSPS) is 12.6. The highest BCUT2D eigenvalue weighted by molar-refractivity contribution is 6.30. The molecule has 1 aromatic heterocycles. The minimum Gasteiger partial charge on any atom is -0.313 e. The van der Waals surface area contributed by atoms with Crippen molar-refractivity contribution in [1.29, 1.82) is 0 Å². The minimum absolute atomic E-state index is 0.187. The molecule has 2 rings (SSSR count). The van der Waals surface area contributed by atoms with E-state index in [4.69, 9.17) is 11.6 Å². The van der Waals surface area contributed by atoms with E-state index in [9.17, 15) is 4.39 Å². The Morgan fingerprint density at radius 1 is 1.47 bits per heavy atom. The van der Waals surface area contributed by atoms with Crippen molar-refractivity contribution in [3.63, 3.8) is 0 Å². The van der Waals surface area contributed by atoms with Crippen molar-refractivity contribution >= 4 is 11.6 Å². The first-order valence-electron chi connectivity index (χ1n) is 6.14. The van der Waals surface area contributed by atoms with E-state index in [-0.39, 0.29) is 11.9 Å². The fraction of sp³-hybridized carbons (Fsp3) is 0.385. The number of halogens is 2. The zero-order valence-electron chi connectivity index (χ0n) is 10.9. The molecule has 1 unspecified atom stereocenters. The van der Waals surface area contributed by atoms with Crippen LogP contribution in [0.25, 0.3) is 0 Å². The third kappa shape index (κ3) is 3.11. The number of rotatable bonds is 5. The topological polar surface area (TPSA) is 42.7 Å². The molecule has 1 heterocycles. The van der Waals surface area contributed by atoms with Gasteiger partial charge in [-0.05, 0) is 32.2 Å². The fourth-order valence-corrected chi connectivity index (χ4v) is 2.22. The average Bonchev–Trinajstić information content (AvgIpc) is 2.86. The summed E-state index contributed by atoms with van der Waals surface area (Å²) in [5, 5.41) is 7.73. The van der Waals surface area contributed by atoms with E-state index in [1.54, 1.807) is 23.9 Å². The summed E-state index contributed by atoms with van der Waals surface area (Å²) in [6.45, 7) is 2.73. The molecule has 0 aliphatic heterocycles. The quantitative estimate of drug-likeness (QED) is 0.917. The molecule has 0 aliphatic rings. The predicted octanol–water partition coefficient (Wildman–Crippen LogP) is 2.59. The lowest BCUT2D eigenvalue weighted by molar-refractivity contribution is 0.505. The van der Waals surface area contributed by atoms with Gasteiger partial charge in [-0.3, -0.25) is 4.68 Å². The molecule has 0 radical (unpaired) electrons. The molecule has 0 aliphatic carbocycles. The van der Waals surface area contributed by atoms with E-state index in [2.05, 4.69) is 15.4 Å². The Kier molecular flexibility index (Phi) is 4.50. The van der Waals surface area contributed by atoms with Gasteiger partial charge in [0.1, 0.15) is 18.0 Å². The van der Waals surface area contributed by atoms with Crippen LogP contribution in [0.3, 0.4) is 0 Å². The van der Waals surface area contributed by atoms with Gasteiger partial charge >= 0.3 is 0 Å². The van der Waals surface area contributed by atoms with Crippen molar-refractivity contribution in [2.75, 3.05) is 7.05 Å². The summed E-state index contributed by atoms with van der Waals surface area (Å²) >= 11 is 5.93. The lowest BCUT2D eigenvalue weighted by Gasteiger charge is -2.17. The Labute approximate surface area is 116 Å². The van der Waals surface area contributed by atoms with Gasteiger partial charge in [0.25, 0.3) is 0 Å². The van der Waals surface area contributed by atoms with Gasteiger partial charge in [-0.25, -0.2) is 9.37 Å². The molecule has 0 bridgehead atoms. The lowest BCUT2D eigenvalue weighted by Crippen LogP contribution is -2.22. The fourth-order valence-electron chi connectivity index (χ4n) is 2.04. The summed E-state index contributed by atoms with van der Waals surface area (Å²) in [6, 6.07) is 4.38. The Bertz CT molecular complexity index is 555. The number of hydrogen-bond donors (Lipinski definition) is 1. The molecule has 0 saturated heterocycles. The summed E-state index contributed by atoms with van der Waals surface area (Å²) in [7, 11) is 1.79. The van der Waals surface area contributed by atoms with Crippen LogP contribution in [-0.2, 0) is 13.0 Å². The summed E-state index contributed by atoms with van der Waals surface area (Å²) in [6.07, 6.45) is 2.07. The molecule has 0 saturated carbocycles. The molecule has 102 valence electrons. The summed E-state index contributed by atoms with van der Waals surface area (Å²) in [5.74, 6) is 0.549. The largest absolute Gasteiger partial charge is 0.313 e. The van der Waals surface area contributed by atoms with E-state index in [0.717, 1.165) is 12.4 Å². The van der Waals surface area contributed by atoms with Crippen molar-refractivity contribution < 1.29 is 4.39 Å². The first-order valence-corrected chi connectivity index (χ1v) is 6.52. The second-order valence-corrected chi connectivity index (χ2v) is 4.64. The molecule has 0 spiro atoms. The summed E-state index contributed by atoms with van der Waals surface area (Å²) < 4.78 is 15.7. The van der Waals surface area contributed by atoms with E-state index < -0.39 is 0 Å². The van der Waals surface area contributed by atoms with Crippen LogP contribution in [0.5, 0.6) is 0 Å². The van der Waals surface area contributed by atoms with Crippen LogP contribution in [0.4, 0.5) is 4.39 Å². The minimum atomic E-state index is -0.272. The van der Waals surface area contributed by atoms with E-state index in [1.165, 1.54) is 12.4 Å². The highest BCUT2D eigenvalue weighted by Gasteiger charge is 2.17. The van der Waals surface area contributed by atoms with Gasteiger partial charge in [0.2, 0.25) is 0 Å². The van der Waals surface area contributed by atoms with Crippen LogP contribution in [0.2, 0.25) is 5.02 Å². The van der Waals surface area contributed by atoms with Gasteiger partial charge in [0, 0.05) is 29.6 Å². The zero-order chi connectivity index (χ0) is 13.8. The maximum Gasteiger partial charge on any atom is 0.138 e. The lowest BCUT2D eigenvalue weighted by atomic mass is 10.0. The predicted molar refractivity (Wildman–Crippen MR) is 72.6 cm³/mol. The number of nitrogens with one attached hydrogen (secondary N) is 1. The van der Waals surface area contributed by atoms with E-state index in [0.29, 0.717) is 17.0 Å². The Balaban J connectivity index is 2.27. The second-order valence-electron chi connectivity index (χ2n) is 4.20. The standard InChI is InChI=1S/C13H16ClFN4/c1-3-19-13(17-8-18-19)7-12(16-2)10-6-9(14)4-5-11(10)15/h4-6,8,12,16H,3,7H2,1-2H3. The van der Waals surface area contributed by atoms with Crippen molar-refractivity contribution in [1.82, 2.24) is 20.1 Å². The van der Waals surface area contributed by atoms with E-state index in [1.807, 2.05) is 6.92 Å². The first-order chi connectivity index (χ1) is 9.15. The smallest absolute Gasteiger partial charge is 0.138 e. The molecule has 1 N–H and O–H groups in total. The Morgan fingerprint density at radius 3 is 2.95 bits per heavy atom. The van der Waals surface area contributed by atoms with Gasteiger partial charge in [0.05, 0.1) is 0 Å². The molecule has 1 atom stereocenters. The van der Waals surface area contributed by atoms with Crippen molar-refractivity contribution in [2.45, 2.75) is 25.9 Å². The third-order valence-electron chi connectivity index (χ3n) is 3.06. The van der Waals surface area contributed by atoms with Crippen molar-refractivity contribution in [2.24, 2.45) is 0 Å². The number of aryl methyl sites for hydroxylation is 1. The van der Waals surface area contributed by atoms with Crippen LogP contribution >= 0.6 is 11.6 Å². The first kappa shape index (κ1) is 14.0. The monoisotopic (exact) mass is 282 g/mol. The van der Waals surface area contributed by atoms with Crippen LogP contribution < -0.4 is 5.32 Å². The number of hydrogen-bond acceptors (Lipinski definition) is 3. The maximum atomic E-state index is 13.9. The molecule has 19 heavy (non-hydrogen) atoms. The van der Waals surface area contributed by atoms with Gasteiger partial charge in [-0.2, -0.15) is 5.10 Å². The molecule has 2 aromatic rings. The number of aromatic nitrogens is 3. The van der Waals surface area contributed by atoms with Crippen molar-refractivity contribution in [3.05, 3.63) is 46.8 Å². The van der Waals surface area contributed by atoms with Crippen LogP contribution in [0.1, 0.15) is 24.4 Å². The van der Waals surface area contributed by atoms with E-state index >= 15 is 0 Å². The van der Waals surface area contributed by atoms with Crippen LogP contribution in [-0.4, -0.2) is 21.8 Å². The number of benzene rings is 1. The van der Waals surface area contributed by atoms with Crippen molar-refractivity contribution in [3.8, 4) is 0 Å². The van der Waals surface area contributed by atoms with Crippen LogP contribution in [0, 0.1) is 5.82 Å².